The van der Waals surface area contributed by atoms with E-state index in [0.29, 0.717) is 16.9 Å². The van der Waals surface area contributed by atoms with E-state index in [1.165, 1.54) is 6.20 Å². The van der Waals surface area contributed by atoms with Crippen LogP contribution >= 0.6 is 11.3 Å². The number of hydrogen-bond donors (Lipinski definition) is 2. The van der Waals surface area contributed by atoms with Crippen molar-refractivity contribution in [3.63, 3.8) is 0 Å². The van der Waals surface area contributed by atoms with Crippen LogP contribution in [0, 0.1) is 0 Å². The van der Waals surface area contributed by atoms with Crippen LogP contribution in [0.15, 0.2) is 22.7 Å². The third-order valence-corrected chi connectivity index (χ3v) is 4.66. The van der Waals surface area contributed by atoms with Crippen molar-refractivity contribution in [3.05, 3.63) is 29.6 Å². The Labute approximate surface area is 125 Å². The van der Waals surface area contributed by atoms with E-state index in [1.807, 2.05) is 13.8 Å². The molecule has 3 N–H and O–H groups in total. The molecule has 0 saturated carbocycles. The first kappa shape index (κ1) is 15.5. The largest absolute Gasteiger partial charge is 0.296 e. The Balaban J connectivity index is 2.12. The van der Waals surface area contributed by atoms with E-state index in [-0.39, 0.29) is 15.4 Å². The number of amides is 1. The van der Waals surface area contributed by atoms with Crippen molar-refractivity contribution in [1.82, 2.24) is 15.2 Å². The van der Waals surface area contributed by atoms with Gasteiger partial charge in [-0.25, -0.2) is 13.6 Å². The van der Waals surface area contributed by atoms with Crippen molar-refractivity contribution in [2.75, 3.05) is 5.32 Å². The summed E-state index contributed by atoms with van der Waals surface area (Å²) in [6.45, 7) is 4.00. The number of sulfonamides is 1. The number of rotatable bonds is 4. The van der Waals surface area contributed by atoms with Crippen LogP contribution < -0.4 is 10.5 Å². The maximum atomic E-state index is 12.0. The van der Waals surface area contributed by atoms with Gasteiger partial charge in [0.25, 0.3) is 15.9 Å². The van der Waals surface area contributed by atoms with Crippen LogP contribution in [0.25, 0.3) is 0 Å². The maximum Gasteiger partial charge on any atom is 0.267 e. The minimum atomic E-state index is -3.92. The third kappa shape index (κ3) is 3.80. The Morgan fingerprint density at radius 1 is 1.33 bits per heavy atom. The predicted molar refractivity (Wildman–Crippen MR) is 77.6 cm³/mol. The van der Waals surface area contributed by atoms with Crippen LogP contribution in [0.4, 0.5) is 5.13 Å². The summed E-state index contributed by atoms with van der Waals surface area (Å²) in [6, 6.07) is 3.40. The van der Waals surface area contributed by atoms with Gasteiger partial charge in [0.2, 0.25) is 9.47 Å². The molecule has 2 aromatic rings. The van der Waals surface area contributed by atoms with Crippen molar-refractivity contribution >= 4 is 32.4 Å². The molecule has 8 nitrogen and oxygen atoms in total. The molecule has 21 heavy (non-hydrogen) atoms. The van der Waals surface area contributed by atoms with Crippen molar-refractivity contribution in [3.8, 4) is 0 Å². The molecule has 2 aromatic heterocycles. The summed E-state index contributed by atoms with van der Waals surface area (Å²) in [4.78, 5) is 16.1. The fourth-order valence-corrected chi connectivity index (χ4v) is 2.75. The van der Waals surface area contributed by atoms with Gasteiger partial charge in [0.1, 0.15) is 0 Å². The highest BCUT2D eigenvalue weighted by Crippen LogP contribution is 2.19. The average molecular weight is 327 g/mol. The van der Waals surface area contributed by atoms with Gasteiger partial charge in [0, 0.05) is 11.9 Å². The molecule has 112 valence electrons. The third-order valence-electron chi connectivity index (χ3n) is 2.51. The van der Waals surface area contributed by atoms with Crippen molar-refractivity contribution in [1.29, 1.82) is 0 Å². The number of carbonyl (C=O) groups excluding carboxylic acids is 1. The number of aromatic nitrogens is 3. The van der Waals surface area contributed by atoms with Crippen LogP contribution in [0.2, 0.25) is 0 Å². The van der Waals surface area contributed by atoms with Gasteiger partial charge in [0.05, 0.1) is 5.56 Å². The zero-order chi connectivity index (χ0) is 15.6. The number of primary sulfonamides is 1. The first-order valence-corrected chi connectivity index (χ1v) is 8.27. The summed E-state index contributed by atoms with van der Waals surface area (Å²) in [7, 11) is -3.92. The second-order valence-electron chi connectivity index (χ2n) is 4.50. The van der Waals surface area contributed by atoms with E-state index in [2.05, 4.69) is 20.5 Å². The van der Waals surface area contributed by atoms with Gasteiger partial charge in [-0.1, -0.05) is 25.2 Å². The zero-order valence-electron chi connectivity index (χ0n) is 11.3. The molecule has 0 unspecified atom stereocenters. The molecule has 1 amide bonds. The lowest BCUT2D eigenvalue weighted by Gasteiger charge is -2.05. The summed E-state index contributed by atoms with van der Waals surface area (Å²) < 4.78 is 21.8. The lowest BCUT2D eigenvalue weighted by Crippen LogP contribution is -2.12. The molecular formula is C11H13N5O3S2. The van der Waals surface area contributed by atoms with Crippen molar-refractivity contribution < 1.29 is 13.2 Å². The first-order valence-electron chi connectivity index (χ1n) is 5.91. The van der Waals surface area contributed by atoms with E-state index < -0.39 is 15.9 Å². The number of anilines is 1. The molecule has 0 bridgehead atoms. The van der Waals surface area contributed by atoms with Gasteiger partial charge in [-0.2, -0.15) is 0 Å². The van der Waals surface area contributed by atoms with Gasteiger partial charge < -0.3 is 0 Å². The zero-order valence-corrected chi connectivity index (χ0v) is 12.9. The van der Waals surface area contributed by atoms with Crippen LogP contribution in [-0.4, -0.2) is 29.5 Å². The molecular weight excluding hydrogens is 314 g/mol. The Kier molecular flexibility index (Phi) is 4.30. The van der Waals surface area contributed by atoms with Gasteiger partial charge in [-0.3, -0.25) is 15.1 Å². The fourth-order valence-electron chi connectivity index (χ4n) is 1.43. The molecule has 0 radical (unpaired) electrons. The Morgan fingerprint density at radius 2 is 2.05 bits per heavy atom. The summed E-state index contributed by atoms with van der Waals surface area (Å²) in [5.41, 5.74) is 1.21. The van der Waals surface area contributed by atoms with E-state index in [0.717, 1.165) is 5.69 Å². The molecule has 0 aliphatic heterocycles. The number of hydrogen-bond acceptors (Lipinski definition) is 7. The van der Waals surface area contributed by atoms with Gasteiger partial charge in [-0.15, -0.1) is 10.2 Å². The van der Waals surface area contributed by atoms with E-state index >= 15 is 0 Å². The molecule has 0 aromatic carbocycles. The predicted octanol–water partition coefficient (Wildman–Crippen LogP) is 0.956. The second-order valence-corrected chi connectivity index (χ2v) is 7.21. The number of pyridine rings is 1. The second kappa shape index (κ2) is 5.84. The highest BCUT2D eigenvalue weighted by atomic mass is 32.2. The van der Waals surface area contributed by atoms with Crippen molar-refractivity contribution in [2.45, 2.75) is 24.1 Å². The lowest BCUT2D eigenvalue weighted by molar-refractivity contribution is 0.102. The highest BCUT2D eigenvalue weighted by molar-refractivity contribution is 7.91. The Bertz CT molecular complexity index is 752. The molecule has 0 spiro atoms. The first-order chi connectivity index (χ1) is 9.77. The van der Waals surface area contributed by atoms with Gasteiger partial charge in [-0.05, 0) is 18.1 Å². The minimum Gasteiger partial charge on any atom is -0.296 e. The smallest absolute Gasteiger partial charge is 0.267 e. The maximum absolute atomic E-state index is 12.0. The van der Waals surface area contributed by atoms with E-state index in [4.69, 9.17) is 5.14 Å². The van der Waals surface area contributed by atoms with Crippen LogP contribution in [-0.2, 0) is 10.0 Å². The Hall–Kier alpha value is -1.91. The van der Waals surface area contributed by atoms with Gasteiger partial charge in [0.15, 0.2) is 0 Å². The van der Waals surface area contributed by atoms with Gasteiger partial charge >= 0.3 is 0 Å². The molecule has 0 saturated heterocycles. The molecule has 2 rings (SSSR count). The van der Waals surface area contributed by atoms with Crippen LogP contribution in [0.5, 0.6) is 0 Å². The summed E-state index contributed by atoms with van der Waals surface area (Å²) in [6.07, 6.45) is 1.45. The molecule has 0 atom stereocenters. The molecule has 10 heteroatoms. The van der Waals surface area contributed by atoms with E-state index in [1.54, 1.807) is 12.1 Å². The lowest BCUT2D eigenvalue weighted by atomic mass is 10.1. The number of nitrogens with two attached hydrogens (primary N) is 1. The standard InChI is InChI=1S/C11H13N5O3S2/c1-6(2)8-4-3-7(5-13-8)9(17)14-10-15-16-11(20-10)21(12,18)19/h3-6H,1-2H3,(H2,12,18,19)(H,14,15,17). The quantitative estimate of drug-likeness (QED) is 0.805. The molecule has 0 aliphatic carbocycles. The molecule has 0 aliphatic rings. The SMILES string of the molecule is CC(C)c1ccc(C(=O)Nc2nnc(S(N)(=O)=O)s2)cn1. The Morgan fingerprint density at radius 3 is 2.52 bits per heavy atom. The molecule has 0 fully saturated rings. The summed E-state index contributed by atoms with van der Waals surface area (Å²) in [5, 5.41) is 14.4. The fraction of sp³-hybridized carbons (Fsp3) is 0.273. The van der Waals surface area contributed by atoms with Crippen LogP contribution in [0.3, 0.4) is 0 Å². The van der Waals surface area contributed by atoms with Crippen LogP contribution in [0.1, 0.15) is 35.8 Å². The molecule has 2 heterocycles. The average Bonchev–Trinajstić information content (AvgIpc) is 2.87. The topological polar surface area (TPSA) is 128 Å². The highest BCUT2D eigenvalue weighted by Gasteiger charge is 2.17. The monoisotopic (exact) mass is 327 g/mol. The number of nitrogens with zero attached hydrogens (tertiary/aromatic N) is 3. The van der Waals surface area contributed by atoms with E-state index in [9.17, 15) is 13.2 Å². The van der Waals surface area contributed by atoms with Crippen molar-refractivity contribution in [2.24, 2.45) is 5.14 Å². The summed E-state index contributed by atoms with van der Waals surface area (Å²) in [5.74, 6) is -0.183. The minimum absolute atomic E-state index is 0.0527. The normalized spacial score (nSPS) is 11.6. The summed E-state index contributed by atoms with van der Waals surface area (Å²) >= 11 is 0.683. The number of nitrogens with one attached hydrogen (secondary N) is 1. The number of carbonyl (C=O) groups is 1.